The van der Waals surface area contributed by atoms with Crippen molar-refractivity contribution in [2.75, 3.05) is 26.7 Å². The Morgan fingerprint density at radius 1 is 1.17 bits per heavy atom. The summed E-state index contributed by atoms with van der Waals surface area (Å²) in [5.74, 6) is -0.908. The number of hydrogen-bond donors (Lipinski definition) is 1. The molecule has 0 bridgehead atoms. The van der Waals surface area contributed by atoms with Crippen molar-refractivity contribution in [3.8, 4) is 0 Å². The fourth-order valence-corrected chi connectivity index (χ4v) is 4.82. The summed E-state index contributed by atoms with van der Waals surface area (Å²) < 4.78 is 33.4. The minimum Gasteiger partial charge on any atom is -0.370 e. The zero-order valence-electron chi connectivity index (χ0n) is 14.0. The molecule has 3 heterocycles. The van der Waals surface area contributed by atoms with Crippen LogP contribution in [0.3, 0.4) is 0 Å². The first kappa shape index (κ1) is 16.4. The topological polar surface area (TPSA) is 41.7 Å². The molecule has 3 aliphatic heterocycles. The Balaban J connectivity index is 1.46. The fourth-order valence-electron chi connectivity index (χ4n) is 4.82. The van der Waals surface area contributed by atoms with Crippen molar-refractivity contribution >= 4 is 0 Å². The van der Waals surface area contributed by atoms with Crippen LogP contribution in [0.2, 0.25) is 0 Å². The minimum absolute atomic E-state index is 0.237. The molecule has 5 atom stereocenters. The Kier molecular flexibility index (Phi) is 4.33. The first-order valence-electron chi connectivity index (χ1n) is 8.82. The van der Waals surface area contributed by atoms with E-state index in [1.807, 2.05) is 0 Å². The van der Waals surface area contributed by atoms with Gasteiger partial charge in [-0.25, -0.2) is 8.78 Å². The van der Waals surface area contributed by atoms with Gasteiger partial charge in [0.05, 0.1) is 6.61 Å². The molecule has 2 unspecified atom stereocenters. The van der Waals surface area contributed by atoms with Gasteiger partial charge in [-0.05, 0) is 51.1 Å². The van der Waals surface area contributed by atoms with Gasteiger partial charge in [0.15, 0.2) is 0 Å². The lowest BCUT2D eigenvalue weighted by Gasteiger charge is -2.40. The van der Waals surface area contributed by atoms with Gasteiger partial charge in [-0.15, -0.1) is 0 Å². The van der Waals surface area contributed by atoms with Crippen LogP contribution >= 0.6 is 0 Å². The van der Waals surface area contributed by atoms with Gasteiger partial charge in [0.25, 0.3) is 0 Å². The molecule has 3 saturated heterocycles. The normalized spacial score (nSPS) is 37.8. The summed E-state index contributed by atoms with van der Waals surface area (Å²) in [7, 11) is 2.19. The molecule has 3 aliphatic rings. The Labute approximate surface area is 141 Å². The monoisotopic (exact) mass is 337 g/mol. The Morgan fingerprint density at radius 3 is 2.75 bits per heavy atom. The van der Waals surface area contributed by atoms with Gasteiger partial charge in [0.1, 0.15) is 17.7 Å². The van der Waals surface area contributed by atoms with Gasteiger partial charge in [-0.3, -0.25) is 4.90 Å². The van der Waals surface area contributed by atoms with Crippen LogP contribution in [0.4, 0.5) is 8.78 Å². The van der Waals surface area contributed by atoms with Crippen LogP contribution < -0.4 is 5.73 Å². The van der Waals surface area contributed by atoms with E-state index in [-0.39, 0.29) is 17.6 Å². The molecule has 1 aromatic rings. The third-order valence-corrected chi connectivity index (χ3v) is 6.03. The number of benzene rings is 1. The molecule has 0 aromatic heterocycles. The van der Waals surface area contributed by atoms with Crippen LogP contribution in [0.1, 0.15) is 30.9 Å². The van der Waals surface area contributed by atoms with E-state index in [2.05, 4.69) is 16.8 Å². The average molecular weight is 337 g/mol. The summed E-state index contributed by atoms with van der Waals surface area (Å²) in [5.41, 5.74) is 6.54. The van der Waals surface area contributed by atoms with Crippen LogP contribution in [0, 0.1) is 11.6 Å². The van der Waals surface area contributed by atoms with Crippen LogP contribution in [0.15, 0.2) is 18.2 Å². The number of nitrogens with zero attached hydrogens (tertiary/aromatic N) is 2. The van der Waals surface area contributed by atoms with E-state index in [1.165, 1.54) is 18.9 Å². The maximum absolute atomic E-state index is 14.0. The standard InChI is InChI=1S/C18H25F2N3O/c1-22-6-4-17-16(22)5-7-23(17)12-9-15(21)18(24-10-12)13-8-11(19)2-3-14(13)20/h2-3,8,12,15-18H,4-7,9-10,21H2,1H3/t12-,15+,16?,17?,18-/m1/s1. The summed E-state index contributed by atoms with van der Waals surface area (Å²) in [6.07, 6.45) is 2.57. The second-order valence-electron chi connectivity index (χ2n) is 7.40. The Morgan fingerprint density at radius 2 is 1.96 bits per heavy atom. The second-order valence-corrected chi connectivity index (χ2v) is 7.40. The van der Waals surface area contributed by atoms with Gasteiger partial charge in [0, 0.05) is 36.3 Å². The van der Waals surface area contributed by atoms with Gasteiger partial charge in [-0.2, -0.15) is 0 Å². The molecule has 0 amide bonds. The lowest BCUT2D eigenvalue weighted by atomic mass is 9.93. The van der Waals surface area contributed by atoms with Crippen LogP contribution in [0.5, 0.6) is 0 Å². The quantitative estimate of drug-likeness (QED) is 0.895. The van der Waals surface area contributed by atoms with Crippen LogP contribution in [0.25, 0.3) is 0 Å². The molecular formula is C18H25F2N3O. The lowest BCUT2D eigenvalue weighted by molar-refractivity contribution is -0.0546. The molecule has 0 aliphatic carbocycles. The number of rotatable bonds is 2. The van der Waals surface area contributed by atoms with E-state index in [0.717, 1.165) is 31.6 Å². The first-order chi connectivity index (χ1) is 11.5. The van der Waals surface area contributed by atoms with E-state index in [1.54, 1.807) is 0 Å². The van der Waals surface area contributed by atoms with Crippen molar-refractivity contribution < 1.29 is 13.5 Å². The molecule has 2 N–H and O–H groups in total. The molecule has 6 heteroatoms. The predicted molar refractivity (Wildman–Crippen MR) is 87.6 cm³/mol. The highest BCUT2D eigenvalue weighted by Gasteiger charge is 2.45. The lowest BCUT2D eigenvalue weighted by Crippen LogP contribution is -2.51. The highest BCUT2D eigenvalue weighted by atomic mass is 19.1. The predicted octanol–water partition coefficient (Wildman–Crippen LogP) is 1.90. The average Bonchev–Trinajstić information content (AvgIpc) is 3.13. The number of ether oxygens (including phenoxy) is 1. The molecule has 0 radical (unpaired) electrons. The van der Waals surface area contributed by atoms with Gasteiger partial charge < -0.3 is 15.4 Å². The number of nitrogens with two attached hydrogens (primary N) is 1. The van der Waals surface area contributed by atoms with Crippen molar-refractivity contribution in [1.29, 1.82) is 0 Å². The van der Waals surface area contributed by atoms with E-state index in [9.17, 15) is 8.78 Å². The maximum Gasteiger partial charge on any atom is 0.129 e. The number of hydrogen-bond acceptors (Lipinski definition) is 4. The minimum atomic E-state index is -0.568. The van der Waals surface area contributed by atoms with Crippen LogP contribution in [-0.4, -0.2) is 60.7 Å². The van der Waals surface area contributed by atoms with Crippen molar-refractivity contribution in [2.24, 2.45) is 5.73 Å². The third-order valence-electron chi connectivity index (χ3n) is 6.03. The highest BCUT2D eigenvalue weighted by Crippen LogP contribution is 2.37. The van der Waals surface area contributed by atoms with Crippen molar-refractivity contribution in [3.63, 3.8) is 0 Å². The van der Waals surface area contributed by atoms with E-state index in [0.29, 0.717) is 18.7 Å². The van der Waals surface area contributed by atoms with Crippen LogP contribution in [-0.2, 0) is 4.74 Å². The maximum atomic E-state index is 14.0. The van der Waals surface area contributed by atoms with Crippen molar-refractivity contribution in [1.82, 2.24) is 9.80 Å². The van der Waals surface area contributed by atoms with E-state index < -0.39 is 17.7 Å². The summed E-state index contributed by atoms with van der Waals surface area (Å²) in [4.78, 5) is 4.98. The summed E-state index contributed by atoms with van der Waals surface area (Å²) in [6, 6.07) is 4.65. The number of fused-ring (bicyclic) bond motifs is 1. The largest absolute Gasteiger partial charge is 0.370 e. The van der Waals surface area contributed by atoms with E-state index >= 15 is 0 Å². The molecular weight excluding hydrogens is 312 g/mol. The number of halogens is 2. The fraction of sp³-hybridized carbons (Fsp3) is 0.667. The molecule has 4 nitrogen and oxygen atoms in total. The summed E-state index contributed by atoms with van der Waals surface area (Å²) >= 11 is 0. The molecule has 4 rings (SSSR count). The summed E-state index contributed by atoms with van der Waals surface area (Å²) in [5, 5.41) is 0. The Hall–Kier alpha value is -1.08. The Bertz CT molecular complexity index is 614. The molecule has 3 fully saturated rings. The SMILES string of the molecule is CN1CCC2C1CCN2[C@H]1CO[C@H](c2cc(F)ccc2F)[C@@H](N)C1. The number of likely N-dealkylation sites (tertiary alicyclic amines) is 2. The third kappa shape index (κ3) is 2.75. The smallest absolute Gasteiger partial charge is 0.129 e. The van der Waals surface area contributed by atoms with Crippen molar-refractivity contribution in [2.45, 2.75) is 49.5 Å². The highest BCUT2D eigenvalue weighted by molar-refractivity contribution is 5.23. The first-order valence-corrected chi connectivity index (χ1v) is 8.82. The van der Waals surface area contributed by atoms with Crippen molar-refractivity contribution in [3.05, 3.63) is 35.4 Å². The van der Waals surface area contributed by atoms with Gasteiger partial charge in [-0.1, -0.05) is 0 Å². The molecule has 0 saturated carbocycles. The summed E-state index contributed by atoms with van der Waals surface area (Å²) in [6.45, 7) is 2.74. The van der Waals surface area contributed by atoms with E-state index in [4.69, 9.17) is 10.5 Å². The molecule has 24 heavy (non-hydrogen) atoms. The zero-order valence-corrected chi connectivity index (χ0v) is 14.0. The second kappa shape index (κ2) is 6.33. The molecule has 1 aromatic carbocycles. The van der Waals surface area contributed by atoms with Gasteiger partial charge in [0.2, 0.25) is 0 Å². The molecule has 0 spiro atoms. The molecule has 132 valence electrons. The van der Waals surface area contributed by atoms with Gasteiger partial charge >= 0.3 is 0 Å². The zero-order chi connectivity index (χ0) is 16.8. The number of likely N-dealkylation sites (N-methyl/N-ethyl adjacent to an activating group) is 1.